The number of nitro benzene ring substituents is 2. The number of rotatable bonds is 5. The molecule has 154 valence electrons. The van der Waals surface area contributed by atoms with Gasteiger partial charge in [0.05, 0.1) is 21.6 Å². The number of fused-ring (bicyclic) bond motifs is 1. The Kier molecular flexibility index (Phi) is 4.77. The second kappa shape index (κ2) is 7.17. The lowest BCUT2D eigenvalue weighted by Gasteiger charge is -2.28. The van der Waals surface area contributed by atoms with Crippen LogP contribution in [0.4, 0.5) is 21.9 Å². The number of benzene rings is 2. The van der Waals surface area contributed by atoms with Crippen molar-refractivity contribution < 1.29 is 19.4 Å². The average molecular weight is 475 g/mol. The SMILES string of the molecule is O=C1N(c2cc([N+](=O)[O-])cc([N+](=O)[O-])c2)C(=O)C2(Cc3ccc(Br)cc3)CCCN12. The summed E-state index contributed by atoms with van der Waals surface area (Å²) in [5.74, 6) is -0.525. The summed E-state index contributed by atoms with van der Waals surface area (Å²) in [7, 11) is 0. The number of nitrogens with zero attached hydrogens (tertiary/aromatic N) is 4. The van der Waals surface area contributed by atoms with Crippen molar-refractivity contribution in [3.63, 3.8) is 0 Å². The van der Waals surface area contributed by atoms with Crippen LogP contribution in [0.1, 0.15) is 18.4 Å². The van der Waals surface area contributed by atoms with Crippen LogP contribution < -0.4 is 4.90 Å². The Labute approximate surface area is 178 Å². The standard InChI is InChI=1S/C19H15BrN4O6/c20-13-4-2-12(3-5-13)11-19-6-1-7-21(19)18(26)22(17(19)25)14-8-15(23(27)28)10-16(9-14)24(29)30/h2-5,8-10H,1,6-7,11H2. The van der Waals surface area contributed by atoms with Crippen LogP contribution >= 0.6 is 15.9 Å². The molecule has 0 N–H and O–H groups in total. The lowest BCUT2D eigenvalue weighted by molar-refractivity contribution is -0.394. The van der Waals surface area contributed by atoms with E-state index < -0.39 is 38.7 Å². The van der Waals surface area contributed by atoms with Gasteiger partial charge in [-0.2, -0.15) is 0 Å². The van der Waals surface area contributed by atoms with Gasteiger partial charge in [-0.25, -0.2) is 9.69 Å². The smallest absolute Gasteiger partial charge is 0.309 e. The Hall–Kier alpha value is -3.34. The van der Waals surface area contributed by atoms with Crippen molar-refractivity contribution in [3.8, 4) is 0 Å². The van der Waals surface area contributed by atoms with Crippen molar-refractivity contribution in [2.24, 2.45) is 0 Å². The molecule has 0 saturated carbocycles. The molecule has 2 aliphatic heterocycles. The van der Waals surface area contributed by atoms with Crippen LogP contribution in [0, 0.1) is 20.2 Å². The van der Waals surface area contributed by atoms with E-state index in [2.05, 4.69) is 15.9 Å². The van der Waals surface area contributed by atoms with Crippen molar-refractivity contribution >= 4 is 44.9 Å². The quantitative estimate of drug-likeness (QED) is 0.368. The molecule has 10 nitrogen and oxygen atoms in total. The molecule has 2 aromatic carbocycles. The number of halogens is 1. The van der Waals surface area contributed by atoms with E-state index in [0.717, 1.165) is 33.1 Å². The van der Waals surface area contributed by atoms with Gasteiger partial charge in [0.1, 0.15) is 5.54 Å². The van der Waals surface area contributed by atoms with Crippen molar-refractivity contribution in [1.82, 2.24) is 4.90 Å². The van der Waals surface area contributed by atoms with Crippen LogP contribution in [0.3, 0.4) is 0 Å². The third kappa shape index (κ3) is 3.11. The average Bonchev–Trinajstić information content (AvgIpc) is 3.21. The maximum atomic E-state index is 13.5. The summed E-state index contributed by atoms with van der Waals surface area (Å²) in [6.45, 7) is 0.370. The molecule has 0 radical (unpaired) electrons. The van der Waals surface area contributed by atoms with E-state index in [1.165, 1.54) is 4.90 Å². The number of carbonyl (C=O) groups excluding carboxylic acids is 2. The zero-order valence-corrected chi connectivity index (χ0v) is 17.1. The first-order chi connectivity index (χ1) is 14.2. The summed E-state index contributed by atoms with van der Waals surface area (Å²) >= 11 is 3.36. The largest absolute Gasteiger partial charge is 0.332 e. The second-order valence-corrected chi connectivity index (χ2v) is 8.15. The van der Waals surface area contributed by atoms with E-state index in [-0.39, 0.29) is 5.69 Å². The Morgan fingerprint density at radius 1 is 1.00 bits per heavy atom. The molecular formula is C19H15BrN4O6. The Balaban J connectivity index is 1.77. The lowest BCUT2D eigenvalue weighted by Crippen LogP contribution is -2.47. The van der Waals surface area contributed by atoms with Crippen molar-refractivity contribution in [1.29, 1.82) is 0 Å². The topological polar surface area (TPSA) is 127 Å². The summed E-state index contributed by atoms with van der Waals surface area (Å²) in [5.41, 5.74) is -1.54. The highest BCUT2D eigenvalue weighted by molar-refractivity contribution is 9.10. The summed E-state index contributed by atoms with van der Waals surface area (Å²) in [6, 6.07) is 9.60. The van der Waals surface area contributed by atoms with Crippen LogP contribution in [-0.4, -0.2) is 38.8 Å². The molecule has 2 saturated heterocycles. The van der Waals surface area contributed by atoms with Crippen LogP contribution in [-0.2, 0) is 11.2 Å². The highest BCUT2D eigenvalue weighted by atomic mass is 79.9. The molecule has 2 aromatic rings. The predicted molar refractivity (Wildman–Crippen MR) is 109 cm³/mol. The second-order valence-electron chi connectivity index (χ2n) is 7.23. The highest BCUT2D eigenvalue weighted by Gasteiger charge is 2.59. The minimum Gasteiger partial charge on any atom is -0.309 e. The number of nitro groups is 2. The first kappa shape index (κ1) is 20.0. The monoisotopic (exact) mass is 474 g/mol. The van der Waals surface area contributed by atoms with Crippen molar-refractivity contribution in [3.05, 3.63) is 72.7 Å². The van der Waals surface area contributed by atoms with Gasteiger partial charge in [0.2, 0.25) is 0 Å². The number of urea groups is 1. The predicted octanol–water partition coefficient (Wildman–Crippen LogP) is 3.81. The van der Waals surface area contributed by atoms with Gasteiger partial charge in [-0.1, -0.05) is 28.1 Å². The first-order valence-corrected chi connectivity index (χ1v) is 9.87. The normalized spacial score (nSPS) is 20.6. The molecule has 2 fully saturated rings. The summed E-state index contributed by atoms with van der Waals surface area (Å²) in [4.78, 5) is 49.7. The van der Waals surface area contributed by atoms with Gasteiger partial charge < -0.3 is 4.90 Å². The molecule has 2 aliphatic rings. The summed E-state index contributed by atoms with van der Waals surface area (Å²) < 4.78 is 0.881. The van der Waals surface area contributed by atoms with Crippen molar-refractivity contribution in [2.45, 2.75) is 24.8 Å². The van der Waals surface area contributed by atoms with E-state index in [4.69, 9.17) is 0 Å². The number of non-ortho nitro benzene ring substituents is 2. The van der Waals surface area contributed by atoms with Crippen molar-refractivity contribution in [2.75, 3.05) is 11.4 Å². The third-order valence-corrected chi connectivity index (χ3v) is 6.02. The fraction of sp³-hybridized carbons (Fsp3) is 0.263. The Morgan fingerprint density at radius 3 is 2.17 bits per heavy atom. The molecule has 1 unspecified atom stereocenters. The number of anilines is 1. The molecule has 0 bridgehead atoms. The van der Waals surface area contributed by atoms with Crippen LogP contribution in [0.15, 0.2) is 46.9 Å². The van der Waals surface area contributed by atoms with E-state index >= 15 is 0 Å². The minimum atomic E-state index is -1.11. The van der Waals surface area contributed by atoms with Gasteiger partial charge >= 0.3 is 6.03 Å². The van der Waals surface area contributed by atoms with E-state index in [9.17, 15) is 29.8 Å². The molecule has 1 atom stereocenters. The van der Waals surface area contributed by atoms with E-state index in [1.807, 2.05) is 24.3 Å². The fourth-order valence-electron chi connectivity index (χ4n) is 4.14. The highest BCUT2D eigenvalue weighted by Crippen LogP contribution is 2.43. The maximum Gasteiger partial charge on any atom is 0.332 e. The van der Waals surface area contributed by atoms with Crippen LogP contribution in [0.2, 0.25) is 0 Å². The summed E-state index contributed by atoms with van der Waals surface area (Å²) in [6.07, 6.45) is 1.39. The first-order valence-electron chi connectivity index (χ1n) is 9.07. The van der Waals surface area contributed by atoms with Gasteiger partial charge in [-0.15, -0.1) is 0 Å². The molecule has 30 heavy (non-hydrogen) atoms. The third-order valence-electron chi connectivity index (χ3n) is 5.49. The van der Waals surface area contributed by atoms with Crippen LogP contribution in [0.5, 0.6) is 0 Å². The number of hydrogen-bond donors (Lipinski definition) is 0. The lowest BCUT2D eigenvalue weighted by atomic mass is 9.88. The number of imide groups is 1. The van der Waals surface area contributed by atoms with Gasteiger partial charge in [0.15, 0.2) is 0 Å². The number of hydrogen-bond acceptors (Lipinski definition) is 6. The molecule has 4 rings (SSSR count). The molecule has 0 spiro atoms. The summed E-state index contributed by atoms with van der Waals surface area (Å²) in [5, 5.41) is 22.4. The zero-order valence-electron chi connectivity index (χ0n) is 15.5. The minimum absolute atomic E-state index is 0.171. The maximum absolute atomic E-state index is 13.5. The molecule has 2 heterocycles. The zero-order chi connectivity index (χ0) is 21.6. The molecule has 11 heteroatoms. The Morgan fingerprint density at radius 2 is 1.60 bits per heavy atom. The molecule has 0 aliphatic carbocycles. The number of carbonyl (C=O) groups is 2. The van der Waals surface area contributed by atoms with E-state index in [0.29, 0.717) is 25.8 Å². The Bertz CT molecular complexity index is 1060. The van der Waals surface area contributed by atoms with Gasteiger partial charge in [0.25, 0.3) is 17.3 Å². The van der Waals surface area contributed by atoms with Gasteiger partial charge in [0, 0.05) is 29.6 Å². The molecule has 0 aromatic heterocycles. The van der Waals surface area contributed by atoms with Gasteiger partial charge in [-0.05, 0) is 30.5 Å². The van der Waals surface area contributed by atoms with E-state index in [1.54, 1.807) is 0 Å². The number of amides is 3. The molecular weight excluding hydrogens is 460 g/mol. The van der Waals surface area contributed by atoms with Gasteiger partial charge in [-0.3, -0.25) is 25.0 Å². The van der Waals surface area contributed by atoms with Crippen LogP contribution in [0.25, 0.3) is 0 Å². The fourth-order valence-corrected chi connectivity index (χ4v) is 4.41. The molecule has 3 amide bonds.